The van der Waals surface area contributed by atoms with Crippen molar-refractivity contribution in [2.24, 2.45) is 0 Å². The number of nitrogens with one attached hydrogen (secondary N) is 1. The van der Waals surface area contributed by atoms with Gasteiger partial charge in [-0.15, -0.1) is 11.3 Å². The van der Waals surface area contributed by atoms with Crippen molar-refractivity contribution < 1.29 is 0 Å². The summed E-state index contributed by atoms with van der Waals surface area (Å²) in [5.74, 6) is 1.35. The Bertz CT molecular complexity index is 334. The van der Waals surface area contributed by atoms with Gasteiger partial charge in [0.05, 0.1) is 3.79 Å². The zero-order chi connectivity index (χ0) is 12.1. The summed E-state index contributed by atoms with van der Waals surface area (Å²) in [5, 5.41) is 4.56. The summed E-state index contributed by atoms with van der Waals surface area (Å²) in [5.41, 5.74) is 0. The van der Waals surface area contributed by atoms with Gasteiger partial charge in [-0.2, -0.15) is 11.8 Å². The second kappa shape index (κ2) is 7.17. The lowest BCUT2D eigenvalue weighted by atomic mass is 10.1. The zero-order valence-corrected chi connectivity index (χ0v) is 13.5. The third-order valence-corrected chi connectivity index (χ3v) is 6.28. The minimum Gasteiger partial charge on any atom is -0.313 e. The molecule has 0 saturated carbocycles. The van der Waals surface area contributed by atoms with E-state index >= 15 is 0 Å². The number of thiophene rings is 1. The molecule has 1 saturated heterocycles. The van der Waals surface area contributed by atoms with Crippen LogP contribution in [-0.2, 0) is 6.42 Å². The fourth-order valence-corrected chi connectivity index (χ4v) is 5.20. The number of hydrogen-bond acceptors (Lipinski definition) is 3. The van der Waals surface area contributed by atoms with E-state index in [1.165, 1.54) is 40.1 Å². The molecule has 96 valence electrons. The molecule has 2 unspecified atom stereocenters. The van der Waals surface area contributed by atoms with Crippen LogP contribution >= 0.6 is 39.0 Å². The van der Waals surface area contributed by atoms with Gasteiger partial charge in [-0.1, -0.05) is 6.92 Å². The van der Waals surface area contributed by atoms with Gasteiger partial charge in [-0.3, -0.25) is 0 Å². The van der Waals surface area contributed by atoms with Crippen LogP contribution in [0.1, 0.15) is 31.1 Å². The first-order chi connectivity index (χ1) is 8.29. The maximum Gasteiger partial charge on any atom is 0.0701 e. The van der Waals surface area contributed by atoms with Crippen LogP contribution in [0.5, 0.6) is 0 Å². The Morgan fingerprint density at radius 2 is 2.41 bits per heavy atom. The molecule has 1 aliphatic heterocycles. The summed E-state index contributed by atoms with van der Waals surface area (Å²) in [6.45, 7) is 3.39. The molecule has 0 radical (unpaired) electrons. The summed E-state index contributed by atoms with van der Waals surface area (Å²) >= 11 is 7.58. The maximum absolute atomic E-state index is 3.74. The molecular formula is C13H20BrNS2. The zero-order valence-electron chi connectivity index (χ0n) is 10.2. The maximum atomic E-state index is 3.74. The number of halogens is 1. The molecule has 0 aliphatic carbocycles. The van der Waals surface area contributed by atoms with Gasteiger partial charge in [0.25, 0.3) is 0 Å². The van der Waals surface area contributed by atoms with E-state index in [4.69, 9.17) is 0 Å². The Morgan fingerprint density at radius 1 is 1.53 bits per heavy atom. The molecule has 1 aromatic rings. The number of rotatable bonds is 6. The summed E-state index contributed by atoms with van der Waals surface area (Å²) in [6, 6.07) is 5.08. The van der Waals surface area contributed by atoms with Crippen LogP contribution in [0.15, 0.2) is 15.9 Å². The summed E-state index contributed by atoms with van der Waals surface area (Å²) < 4.78 is 1.25. The van der Waals surface area contributed by atoms with Crippen LogP contribution in [0.3, 0.4) is 0 Å². The Hall–Kier alpha value is 0.490. The van der Waals surface area contributed by atoms with Gasteiger partial charge in [0.2, 0.25) is 0 Å². The van der Waals surface area contributed by atoms with Crippen LogP contribution in [0.4, 0.5) is 0 Å². The normalized spacial score (nSPS) is 21.9. The Labute approximate surface area is 121 Å². The molecule has 1 nitrogen and oxygen atoms in total. The molecule has 1 fully saturated rings. The lowest BCUT2D eigenvalue weighted by molar-refractivity contribution is 0.484. The highest BCUT2D eigenvalue weighted by atomic mass is 79.9. The molecule has 1 aromatic heterocycles. The summed E-state index contributed by atoms with van der Waals surface area (Å²) in [4.78, 5) is 1.50. The highest BCUT2D eigenvalue weighted by Gasteiger charge is 2.25. The molecule has 1 N–H and O–H groups in total. The molecule has 0 spiro atoms. The van der Waals surface area contributed by atoms with Gasteiger partial charge in [0.1, 0.15) is 0 Å². The minimum absolute atomic E-state index is 0.660. The first-order valence-electron chi connectivity index (χ1n) is 6.39. The molecule has 2 rings (SSSR count). The Morgan fingerprint density at radius 3 is 3.00 bits per heavy atom. The lowest BCUT2D eigenvalue weighted by Gasteiger charge is -2.23. The second-order valence-corrected chi connectivity index (χ2v) is 8.42. The van der Waals surface area contributed by atoms with Crippen molar-refractivity contribution in [1.29, 1.82) is 0 Å². The van der Waals surface area contributed by atoms with E-state index in [0.717, 1.165) is 11.8 Å². The van der Waals surface area contributed by atoms with Gasteiger partial charge in [0.15, 0.2) is 0 Å². The highest BCUT2D eigenvalue weighted by molar-refractivity contribution is 9.11. The van der Waals surface area contributed by atoms with Crippen molar-refractivity contribution >= 4 is 39.0 Å². The molecule has 4 heteroatoms. The second-order valence-electron chi connectivity index (χ2n) is 4.52. The molecule has 0 bridgehead atoms. The van der Waals surface area contributed by atoms with Crippen molar-refractivity contribution in [2.45, 2.75) is 43.9 Å². The summed E-state index contributed by atoms with van der Waals surface area (Å²) in [7, 11) is 0. The highest BCUT2D eigenvalue weighted by Crippen LogP contribution is 2.31. The van der Waals surface area contributed by atoms with Gasteiger partial charge in [-0.05, 0) is 66.0 Å². The van der Waals surface area contributed by atoms with Crippen LogP contribution in [0, 0.1) is 0 Å². The van der Waals surface area contributed by atoms with E-state index < -0.39 is 0 Å². The average Bonchev–Trinajstić information content (AvgIpc) is 2.95. The van der Waals surface area contributed by atoms with Gasteiger partial charge in [0, 0.05) is 16.2 Å². The van der Waals surface area contributed by atoms with Gasteiger partial charge < -0.3 is 5.32 Å². The number of thioether (sulfide) groups is 1. The van der Waals surface area contributed by atoms with Crippen molar-refractivity contribution in [3.8, 4) is 0 Å². The molecule has 17 heavy (non-hydrogen) atoms. The van der Waals surface area contributed by atoms with Crippen LogP contribution in [0.25, 0.3) is 0 Å². The molecule has 1 aliphatic rings. The first-order valence-corrected chi connectivity index (χ1v) is 9.04. The quantitative estimate of drug-likeness (QED) is 0.832. The van der Waals surface area contributed by atoms with Crippen molar-refractivity contribution in [3.05, 3.63) is 20.8 Å². The summed E-state index contributed by atoms with van der Waals surface area (Å²) in [6.07, 6.45) is 5.20. The molecule has 2 heterocycles. The number of hydrogen-bond donors (Lipinski definition) is 1. The van der Waals surface area contributed by atoms with E-state index in [0.29, 0.717) is 6.04 Å². The van der Waals surface area contributed by atoms with Crippen molar-refractivity contribution in [3.63, 3.8) is 0 Å². The standard InChI is InChI=1S/C13H20BrNS2/c1-2-7-15-11(12-4-3-8-16-12)9-10-5-6-13(14)17-10/h5-6,11-12,15H,2-4,7-9H2,1H3. The van der Waals surface area contributed by atoms with Crippen LogP contribution in [-0.4, -0.2) is 23.6 Å². The van der Waals surface area contributed by atoms with E-state index in [-0.39, 0.29) is 0 Å². The van der Waals surface area contributed by atoms with E-state index in [1.807, 2.05) is 11.3 Å². The topological polar surface area (TPSA) is 12.0 Å². The smallest absolute Gasteiger partial charge is 0.0701 e. The molecular weight excluding hydrogens is 314 g/mol. The van der Waals surface area contributed by atoms with Crippen LogP contribution < -0.4 is 5.32 Å². The predicted molar refractivity (Wildman–Crippen MR) is 83.3 cm³/mol. The first kappa shape index (κ1) is 13.9. The third kappa shape index (κ3) is 4.27. The van der Waals surface area contributed by atoms with E-state index in [9.17, 15) is 0 Å². The van der Waals surface area contributed by atoms with Crippen molar-refractivity contribution in [2.75, 3.05) is 12.3 Å². The minimum atomic E-state index is 0.660. The van der Waals surface area contributed by atoms with Crippen LogP contribution in [0.2, 0.25) is 0 Å². The Kier molecular flexibility index (Phi) is 5.87. The van der Waals surface area contributed by atoms with E-state index in [2.05, 4.69) is 52.1 Å². The molecule has 0 aromatic carbocycles. The SMILES string of the molecule is CCCNC(Cc1ccc(Br)s1)C1CCCS1. The lowest BCUT2D eigenvalue weighted by Crippen LogP contribution is -2.39. The third-order valence-electron chi connectivity index (χ3n) is 3.12. The predicted octanol–water partition coefficient (Wildman–Crippen LogP) is 4.32. The van der Waals surface area contributed by atoms with E-state index in [1.54, 1.807) is 0 Å². The average molecular weight is 334 g/mol. The van der Waals surface area contributed by atoms with Crippen molar-refractivity contribution in [1.82, 2.24) is 5.32 Å². The fourth-order valence-electron chi connectivity index (χ4n) is 2.26. The Balaban J connectivity index is 1.94. The fraction of sp³-hybridized carbons (Fsp3) is 0.692. The molecule has 2 atom stereocenters. The van der Waals surface area contributed by atoms with Gasteiger partial charge in [-0.25, -0.2) is 0 Å². The van der Waals surface area contributed by atoms with Gasteiger partial charge >= 0.3 is 0 Å². The molecule has 0 amide bonds. The largest absolute Gasteiger partial charge is 0.313 e. The monoisotopic (exact) mass is 333 g/mol.